The Morgan fingerprint density at radius 1 is 1.10 bits per heavy atom. The zero-order valence-corrected chi connectivity index (χ0v) is 13.5. The molecular weight excluding hydrogens is 258 g/mol. The lowest BCUT2D eigenvalue weighted by Gasteiger charge is -2.31. The molecule has 1 aliphatic carbocycles. The van der Waals surface area contributed by atoms with Gasteiger partial charge in [0.05, 0.1) is 0 Å². The zero-order chi connectivity index (χ0) is 14.8. The second-order valence-corrected chi connectivity index (χ2v) is 6.21. The van der Waals surface area contributed by atoms with Gasteiger partial charge in [0.1, 0.15) is 0 Å². The summed E-state index contributed by atoms with van der Waals surface area (Å²) in [5.41, 5.74) is 1.46. The van der Waals surface area contributed by atoms with E-state index in [1.165, 1.54) is 37.7 Å². The van der Waals surface area contributed by atoms with Gasteiger partial charge in [-0.3, -0.25) is 0 Å². The minimum atomic E-state index is 0.526. The van der Waals surface area contributed by atoms with Crippen molar-refractivity contribution in [2.75, 3.05) is 19.8 Å². The van der Waals surface area contributed by atoms with Crippen molar-refractivity contribution in [3.05, 3.63) is 35.9 Å². The molecule has 1 aromatic carbocycles. The Balaban J connectivity index is 1.83. The number of rotatable bonds is 9. The van der Waals surface area contributed by atoms with Crippen LogP contribution in [0.4, 0.5) is 0 Å². The van der Waals surface area contributed by atoms with Crippen molar-refractivity contribution in [2.24, 2.45) is 5.92 Å². The summed E-state index contributed by atoms with van der Waals surface area (Å²) < 4.78 is 5.58. The van der Waals surface area contributed by atoms with Gasteiger partial charge in [0.15, 0.2) is 0 Å². The van der Waals surface area contributed by atoms with Gasteiger partial charge in [0, 0.05) is 19.3 Å². The Morgan fingerprint density at radius 2 is 1.86 bits per heavy atom. The highest BCUT2D eigenvalue weighted by Gasteiger charge is 2.24. The molecule has 0 radical (unpaired) electrons. The highest BCUT2D eigenvalue weighted by Crippen LogP contribution is 2.34. The van der Waals surface area contributed by atoms with Gasteiger partial charge in [-0.25, -0.2) is 0 Å². The van der Waals surface area contributed by atoms with E-state index in [1.807, 2.05) is 0 Å². The molecule has 2 nitrogen and oxygen atoms in total. The van der Waals surface area contributed by atoms with Gasteiger partial charge in [0.2, 0.25) is 0 Å². The van der Waals surface area contributed by atoms with Crippen molar-refractivity contribution >= 4 is 0 Å². The molecule has 1 unspecified atom stereocenters. The second kappa shape index (κ2) is 9.97. The van der Waals surface area contributed by atoms with Crippen molar-refractivity contribution in [1.82, 2.24) is 5.32 Å². The van der Waals surface area contributed by atoms with Gasteiger partial charge >= 0.3 is 0 Å². The van der Waals surface area contributed by atoms with Gasteiger partial charge < -0.3 is 10.1 Å². The highest BCUT2D eigenvalue weighted by atomic mass is 16.5. The summed E-state index contributed by atoms with van der Waals surface area (Å²) in [6.45, 7) is 4.99. The van der Waals surface area contributed by atoms with Crippen LogP contribution in [0.25, 0.3) is 0 Å². The van der Waals surface area contributed by atoms with Crippen molar-refractivity contribution < 1.29 is 4.74 Å². The van der Waals surface area contributed by atoms with Crippen LogP contribution in [0.5, 0.6) is 0 Å². The molecule has 1 fully saturated rings. The second-order valence-electron chi connectivity index (χ2n) is 6.21. The van der Waals surface area contributed by atoms with E-state index in [0.717, 1.165) is 38.5 Å². The van der Waals surface area contributed by atoms with E-state index >= 15 is 0 Å². The van der Waals surface area contributed by atoms with E-state index in [1.54, 1.807) is 0 Å². The zero-order valence-electron chi connectivity index (χ0n) is 13.5. The van der Waals surface area contributed by atoms with Crippen LogP contribution in [0.15, 0.2) is 30.3 Å². The summed E-state index contributed by atoms with van der Waals surface area (Å²) in [6, 6.07) is 11.5. The smallest absolute Gasteiger partial charge is 0.0478 e. The maximum Gasteiger partial charge on any atom is 0.0478 e. The van der Waals surface area contributed by atoms with Crippen LogP contribution >= 0.6 is 0 Å². The molecule has 2 heteroatoms. The Labute approximate surface area is 130 Å². The van der Waals surface area contributed by atoms with E-state index in [2.05, 4.69) is 42.6 Å². The quantitative estimate of drug-likeness (QED) is 0.664. The molecule has 0 aromatic heterocycles. The Morgan fingerprint density at radius 3 is 2.57 bits per heavy atom. The lowest BCUT2D eigenvalue weighted by Crippen LogP contribution is -2.31. The van der Waals surface area contributed by atoms with E-state index in [-0.39, 0.29) is 0 Å². The minimum absolute atomic E-state index is 0.526. The number of nitrogens with one attached hydrogen (secondary N) is 1. The number of hydrogen-bond donors (Lipinski definition) is 1. The maximum atomic E-state index is 5.58. The fourth-order valence-electron chi connectivity index (χ4n) is 3.36. The van der Waals surface area contributed by atoms with Gasteiger partial charge in [0.25, 0.3) is 0 Å². The van der Waals surface area contributed by atoms with Crippen molar-refractivity contribution in [3.8, 4) is 0 Å². The molecule has 0 saturated heterocycles. The number of benzene rings is 1. The number of ether oxygens (including phenoxy) is 1. The first-order valence-electron chi connectivity index (χ1n) is 8.78. The Kier molecular flexibility index (Phi) is 7.83. The fraction of sp³-hybridized carbons (Fsp3) is 0.684. The molecular formula is C19H31NO. The van der Waals surface area contributed by atoms with Crippen LogP contribution in [0, 0.1) is 5.92 Å². The van der Waals surface area contributed by atoms with Crippen LogP contribution in [0.2, 0.25) is 0 Å². The minimum Gasteiger partial charge on any atom is -0.381 e. The van der Waals surface area contributed by atoms with Gasteiger partial charge in [-0.15, -0.1) is 0 Å². The largest absolute Gasteiger partial charge is 0.381 e. The molecule has 0 aliphatic heterocycles. The van der Waals surface area contributed by atoms with E-state index in [4.69, 9.17) is 4.74 Å². The lowest BCUT2D eigenvalue weighted by molar-refractivity contribution is 0.130. The summed E-state index contributed by atoms with van der Waals surface area (Å²) in [5.74, 6) is 0.803. The lowest BCUT2D eigenvalue weighted by atomic mass is 9.81. The van der Waals surface area contributed by atoms with Gasteiger partial charge in [-0.1, -0.05) is 56.5 Å². The topological polar surface area (TPSA) is 21.3 Å². The fourth-order valence-corrected chi connectivity index (χ4v) is 3.36. The van der Waals surface area contributed by atoms with Crippen molar-refractivity contribution in [2.45, 2.75) is 57.9 Å². The first-order chi connectivity index (χ1) is 10.4. The van der Waals surface area contributed by atoms with E-state index < -0.39 is 0 Å². The Bertz CT molecular complexity index is 359. The molecule has 1 atom stereocenters. The predicted octanol–water partition coefficient (Wildman–Crippen LogP) is 4.71. The molecule has 1 aliphatic rings. The normalized spacial score (nSPS) is 17.8. The van der Waals surface area contributed by atoms with Gasteiger partial charge in [-0.2, -0.15) is 0 Å². The van der Waals surface area contributed by atoms with Crippen LogP contribution < -0.4 is 5.32 Å². The summed E-state index contributed by atoms with van der Waals surface area (Å²) in [6.07, 6.45) is 9.18. The van der Waals surface area contributed by atoms with Crippen LogP contribution in [-0.2, 0) is 4.74 Å². The molecule has 0 bridgehead atoms. The Hall–Kier alpha value is -0.860. The van der Waals surface area contributed by atoms with E-state index in [0.29, 0.717) is 6.04 Å². The first kappa shape index (κ1) is 16.5. The molecule has 1 saturated carbocycles. The molecule has 0 heterocycles. The van der Waals surface area contributed by atoms with Crippen molar-refractivity contribution in [3.63, 3.8) is 0 Å². The highest BCUT2D eigenvalue weighted by molar-refractivity contribution is 5.19. The van der Waals surface area contributed by atoms with Crippen molar-refractivity contribution in [1.29, 1.82) is 0 Å². The van der Waals surface area contributed by atoms with Gasteiger partial charge in [-0.05, 0) is 43.7 Å². The average Bonchev–Trinajstić information content (AvgIpc) is 2.56. The standard InChI is InChI=1S/C19H31NO/c1-2-15-21-16-9-14-20-19(17-10-5-3-6-11-17)18-12-7-4-8-13-18/h3,5-6,10-11,18-20H,2,4,7-9,12-16H2,1H3. The average molecular weight is 289 g/mol. The maximum absolute atomic E-state index is 5.58. The third kappa shape index (κ3) is 5.80. The SMILES string of the molecule is CCCOCCCNC(c1ccccc1)C1CCCCC1. The molecule has 118 valence electrons. The summed E-state index contributed by atoms with van der Waals surface area (Å²) >= 11 is 0. The van der Waals surface area contributed by atoms with Crippen LogP contribution in [-0.4, -0.2) is 19.8 Å². The van der Waals surface area contributed by atoms with E-state index in [9.17, 15) is 0 Å². The third-order valence-corrected chi connectivity index (χ3v) is 4.46. The molecule has 21 heavy (non-hydrogen) atoms. The third-order valence-electron chi connectivity index (χ3n) is 4.46. The first-order valence-corrected chi connectivity index (χ1v) is 8.78. The molecule has 0 amide bonds. The predicted molar refractivity (Wildman–Crippen MR) is 89.5 cm³/mol. The summed E-state index contributed by atoms with van der Waals surface area (Å²) in [4.78, 5) is 0. The summed E-state index contributed by atoms with van der Waals surface area (Å²) in [7, 11) is 0. The van der Waals surface area contributed by atoms with Crippen LogP contribution in [0.3, 0.4) is 0 Å². The molecule has 2 rings (SSSR count). The van der Waals surface area contributed by atoms with Crippen LogP contribution in [0.1, 0.15) is 63.5 Å². The summed E-state index contributed by atoms with van der Waals surface area (Å²) in [5, 5.41) is 3.80. The monoisotopic (exact) mass is 289 g/mol. The molecule has 1 N–H and O–H groups in total. The molecule has 0 spiro atoms. The molecule has 1 aromatic rings. The number of hydrogen-bond acceptors (Lipinski definition) is 2.